The molecule has 2 aromatic heterocycles. The van der Waals surface area contributed by atoms with Gasteiger partial charge in [-0.2, -0.15) is 5.26 Å². The number of H-pyrrole nitrogens is 2. The van der Waals surface area contributed by atoms with E-state index in [0.29, 0.717) is 17.3 Å². The van der Waals surface area contributed by atoms with Crippen molar-refractivity contribution in [2.24, 2.45) is 5.73 Å². The normalized spacial score (nSPS) is 12.8. The summed E-state index contributed by atoms with van der Waals surface area (Å²) in [6, 6.07) is 11.5. The molecule has 0 fully saturated rings. The molecule has 4 aromatic rings. The van der Waals surface area contributed by atoms with Crippen LogP contribution in [-0.2, 0) is 0 Å². The Labute approximate surface area is 151 Å². The minimum Gasteiger partial charge on any atom is -0.361 e. The maximum atomic E-state index is 9.10. The molecule has 0 bridgehead atoms. The molecule has 26 heavy (non-hydrogen) atoms. The number of imidazole rings is 1. The summed E-state index contributed by atoms with van der Waals surface area (Å²) >= 11 is 0. The zero-order valence-corrected chi connectivity index (χ0v) is 15.1. The average Bonchev–Trinajstić information content (AvgIpc) is 3.27. The summed E-state index contributed by atoms with van der Waals surface area (Å²) in [4.78, 5) is 11.3. The first-order chi connectivity index (χ1) is 12.5. The van der Waals surface area contributed by atoms with Crippen LogP contribution in [0.25, 0.3) is 21.9 Å². The second-order valence-electron chi connectivity index (χ2n) is 7.06. The molecule has 1 unspecified atom stereocenters. The second-order valence-corrected chi connectivity index (χ2v) is 7.06. The number of rotatable bonds is 3. The maximum Gasteiger partial charge on any atom is 0.128 e. The van der Waals surface area contributed by atoms with Crippen LogP contribution in [0.5, 0.6) is 0 Å². The minimum atomic E-state index is -0.371. The van der Waals surface area contributed by atoms with E-state index in [9.17, 15) is 0 Å². The van der Waals surface area contributed by atoms with Gasteiger partial charge < -0.3 is 15.7 Å². The van der Waals surface area contributed by atoms with Crippen molar-refractivity contribution in [3.8, 4) is 6.07 Å². The third-order valence-electron chi connectivity index (χ3n) is 4.97. The van der Waals surface area contributed by atoms with Crippen molar-refractivity contribution in [3.63, 3.8) is 0 Å². The molecule has 2 heterocycles. The fraction of sp³-hybridized carbons (Fsp3) is 0.238. The van der Waals surface area contributed by atoms with Crippen LogP contribution in [-0.4, -0.2) is 15.0 Å². The van der Waals surface area contributed by atoms with Gasteiger partial charge in [-0.3, -0.25) is 0 Å². The van der Waals surface area contributed by atoms with Gasteiger partial charge in [0.25, 0.3) is 0 Å². The quantitative estimate of drug-likeness (QED) is 0.515. The molecule has 5 heteroatoms. The van der Waals surface area contributed by atoms with E-state index in [1.165, 1.54) is 11.1 Å². The Bertz CT molecular complexity index is 1160. The Morgan fingerprint density at radius 1 is 1.19 bits per heavy atom. The highest BCUT2D eigenvalue weighted by Crippen LogP contribution is 2.35. The first-order valence-electron chi connectivity index (χ1n) is 8.75. The van der Waals surface area contributed by atoms with E-state index in [-0.39, 0.29) is 6.04 Å². The number of nitrogens with one attached hydrogen (secondary N) is 2. The van der Waals surface area contributed by atoms with Crippen LogP contribution in [0, 0.1) is 18.3 Å². The number of aromatic nitrogens is 3. The van der Waals surface area contributed by atoms with Crippen molar-refractivity contribution in [2.75, 3.05) is 0 Å². The van der Waals surface area contributed by atoms with Crippen molar-refractivity contribution in [1.82, 2.24) is 15.0 Å². The zero-order chi connectivity index (χ0) is 18.4. The van der Waals surface area contributed by atoms with Gasteiger partial charge in [0.2, 0.25) is 0 Å². The van der Waals surface area contributed by atoms with Gasteiger partial charge in [-0.15, -0.1) is 0 Å². The summed E-state index contributed by atoms with van der Waals surface area (Å²) in [6.07, 6.45) is 1.95. The predicted molar refractivity (Wildman–Crippen MR) is 104 cm³/mol. The van der Waals surface area contributed by atoms with Gasteiger partial charge in [-0.05, 0) is 53.8 Å². The van der Waals surface area contributed by atoms with Gasteiger partial charge in [0.15, 0.2) is 0 Å². The third-order valence-corrected chi connectivity index (χ3v) is 4.97. The summed E-state index contributed by atoms with van der Waals surface area (Å²) in [5.41, 5.74) is 13.6. The fourth-order valence-electron chi connectivity index (χ4n) is 3.67. The topological polar surface area (TPSA) is 94.3 Å². The lowest BCUT2D eigenvalue weighted by molar-refractivity contribution is 0.768. The Hall–Kier alpha value is -3.10. The molecule has 130 valence electrons. The van der Waals surface area contributed by atoms with Crippen molar-refractivity contribution in [3.05, 3.63) is 64.6 Å². The molecule has 0 radical (unpaired) electrons. The van der Waals surface area contributed by atoms with Gasteiger partial charge >= 0.3 is 0 Å². The SMILES string of the molecule is Cc1cc(C(C)C)c(C(N)c2nc3ccc(C#N)cc3[nH]2)c2cc[nH]c12. The Kier molecular flexibility index (Phi) is 3.78. The van der Waals surface area contributed by atoms with Crippen molar-refractivity contribution >= 4 is 21.9 Å². The Morgan fingerprint density at radius 3 is 2.73 bits per heavy atom. The summed E-state index contributed by atoms with van der Waals surface area (Å²) in [5, 5.41) is 10.2. The monoisotopic (exact) mass is 343 g/mol. The van der Waals surface area contributed by atoms with Gasteiger partial charge in [0.05, 0.1) is 28.7 Å². The minimum absolute atomic E-state index is 0.351. The van der Waals surface area contributed by atoms with Crippen LogP contribution in [0.1, 0.15) is 53.9 Å². The highest BCUT2D eigenvalue weighted by Gasteiger charge is 2.22. The number of nitriles is 1. The summed E-state index contributed by atoms with van der Waals surface area (Å²) in [6.45, 7) is 6.48. The number of fused-ring (bicyclic) bond motifs is 2. The zero-order valence-electron chi connectivity index (χ0n) is 15.1. The van der Waals surface area contributed by atoms with E-state index < -0.39 is 0 Å². The lowest BCUT2D eigenvalue weighted by Gasteiger charge is -2.20. The van der Waals surface area contributed by atoms with Gasteiger partial charge in [0, 0.05) is 17.1 Å². The standard InChI is InChI=1S/C21H21N5/c1-11(2)15-8-12(3)20-14(6-7-24-20)18(15)19(23)21-25-16-5-4-13(10-22)9-17(16)26-21/h4-9,11,19,24H,23H2,1-3H3,(H,25,26). The molecule has 0 aliphatic carbocycles. The average molecular weight is 343 g/mol. The van der Waals surface area contributed by atoms with Gasteiger partial charge in [0.1, 0.15) is 5.82 Å². The van der Waals surface area contributed by atoms with Crippen LogP contribution < -0.4 is 5.73 Å². The summed E-state index contributed by atoms with van der Waals surface area (Å²) in [5.74, 6) is 1.06. The van der Waals surface area contributed by atoms with Crippen molar-refractivity contribution in [1.29, 1.82) is 5.26 Å². The van der Waals surface area contributed by atoms with Crippen molar-refractivity contribution in [2.45, 2.75) is 32.7 Å². The fourth-order valence-corrected chi connectivity index (χ4v) is 3.67. The van der Waals surface area contributed by atoms with E-state index in [2.05, 4.69) is 53.9 Å². The molecule has 0 saturated heterocycles. The highest BCUT2D eigenvalue weighted by molar-refractivity contribution is 5.88. The van der Waals surface area contributed by atoms with Gasteiger partial charge in [-0.1, -0.05) is 19.9 Å². The van der Waals surface area contributed by atoms with E-state index in [0.717, 1.165) is 27.5 Å². The molecule has 2 aromatic carbocycles. The number of hydrogen-bond acceptors (Lipinski definition) is 3. The third kappa shape index (κ3) is 2.47. The molecule has 0 aliphatic rings. The maximum absolute atomic E-state index is 9.10. The molecule has 0 saturated carbocycles. The number of benzene rings is 2. The first-order valence-corrected chi connectivity index (χ1v) is 8.75. The summed E-state index contributed by atoms with van der Waals surface area (Å²) < 4.78 is 0. The Morgan fingerprint density at radius 2 is 2.00 bits per heavy atom. The highest BCUT2D eigenvalue weighted by atomic mass is 15.0. The van der Waals surface area contributed by atoms with E-state index in [4.69, 9.17) is 11.0 Å². The molecule has 0 spiro atoms. The number of nitrogens with two attached hydrogens (primary N) is 1. The molecule has 0 aliphatic heterocycles. The van der Waals surface area contributed by atoms with Crippen LogP contribution in [0.4, 0.5) is 0 Å². The molecule has 4 N–H and O–H groups in total. The number of hydrogen-bond donors (Lipinski definition) is 3. The van der Waals surface area contributed by atoms with E-state index >= 15 is 0 Å². The number of aryl methyl sites for hydroxylation is 1. The second kappa shape index (κ2) is 6.01. The van der Waals surface area contributed by atoms with Crippen LogP contribution >= 0.6 is 0 Å². The molecule has 4 rings (SSSR count). The molecular formula is C21H21N5. The lowest BCUT2D eigenvalue weighted by Crippen LogP contribution is -2.17. The van der Waals surface area contributed by atoms with E-state index in [1.807, 2.05) is 18.3 Å². The Balaban J connectivity index is 1.92. The van der Waals surface area contributed by atoms with Gasteiger partial charge in [-0.25, -0.2) is 4.98 Å². The molecule has 1 atom stereocenters. The largest absolute Gasteiger partial charge is 0.361 e. The predicted octanol–water partition coefficient (Wildman–Crippen LogP) is 4.40. The molecule has 0 amide bonds. The number of aromatic amines is 2. The smallest absolute Gasteiger partial charge is 0.128 e. The van der Waals surface area contributed by atoms with Crippen LogP contribution in [0.15, 0.2) is 36.5 Å². The first kappa shape index (κ1) is 16.4. The van der Waals surface area contributed by atoms with Crippen molar-refractivity contribution < 1.29 is 0 Å². The lowest BCUT2D eigenvalue weighted by atomic mass is 9.88. The molecule has 5 nitrogen and oxygen atoms in total. The van der Waals surface area contributed by atoms with Crippen LogP contribution in [0.3, 0.4) is 0 Å². The molecular weight excluding hydrogens is 322 g/mol. The number of nitrogens with zero attached hydrogens (tertiary/aromatic N) is 2. The summed E-state index contributed by atoms with van der Waals surface area (Å²) in [7, 11) is 0. The van der Waals surface area contributed by atoms with E-state index in [1.54, 1.807) is 6.07 Å². The van der Waals surface area contributed by atoms with Crippen LogP contribution in [0.2, 0.25) is 0 Å².